The molecule has 20 heavy (non-hydrogen) atoms. The first kappa shape index (κ1) is 13.8. The minimum atomic E-state index is 0.341. The van der Waals surface area contributed by atoms with Gasteiger partial charge in [-0.05, 0) is 87.1 Å². The van der Waals surface area contributed by atoms with Gasteiger partial charge in [0.2, 0.25) is 0 Å². The van der Waals surface area contributed by atoms with E-state index in [9.17, 15) is 0 Å². The van der Waals surface area contributed by atoms with Crippen molar-refractivity contribution in [1.82, 2.24) is 4.90 Å². The number of thiocarbonyl (C=S) groups is 1. The minimum absolute atomic E-state index is 0.341. The average molecular weight is 289 g/mol. The molecule has 1 aliphatic carbocycles. The third-order valence-electron chi connectivity index (χ3n) is 4.62. The van der Waals surface area contributed by atoms with Crippen molar-refractivity contribution >= 4 is 23.0 Å². The number of hydrogen-bond acceptors (Lipinski definition) is 2. The molecular formula is C16H23N3S. The summed E-state index contributed by atoms with van der Waals surface area (Å²) in [4.78, 5) is 2.69. The van der Waals surface area contributed by atoms with E-state index < -0.39 is 0 Å². The number of nitrogens with two attached hydrogens (primary N) is 1. The van der Waals surface area contributed by atoms with E-state index in [1.165, 1.54) is 62.7 Å². The molecule has 3 nitrogen and oxygen atoms in total. The zero-order chi connectivity index (χ0) is 13.9. The summed E-state index contributed by atoms with van der Waals surface area (Å²) in [5, 5.41) is 3.38. The molecule has 1 heterocycles. The molecule has 1 aliphatic heterocycles. The van der Waals surface area contributed by atoms with E-state index in [1.54, 1.807) is 0 Å². The van der Waals surface area contributed by atoms with Crippen LogP contribution in [0.5, 0.6) is 0 Å². The third kappa shape index (κ3) is 3.13. The maximum absolute atomic E-state index is 5.55. The molecule has 1 atom stereocenters. The summed E-state index contributed by atoms with van der Waals surface area (Å²) in [6.07, 6.45) is 7.71. The smallest absolute Gasteiger partial charge is 0.168 e. The minimum Gasteiger partial charge on any atom is -0.376 e. The molecule has 2 aliphatic rings. The van der Waals surface area contributed by atoms with Crippen LogP contribution in [-0.2, 0) is 12.8 Å². The maximum atomic E-state index is 5.55. The van der Waals surface area contributed by atoms with Crippen molar-refractivity contribution in [2.45, 2.75) is 44.6 Å². The summed E-state index contributed by atoms with van der Waals surface area (Å²) in [6.45, 7) is 2.60. The van der Waals surface area contributed by atoms with Crippen LogP contribution in [0.2, 0.25) is 0 Å². The fourth-order valence-electron chi connectivity index (χ4n) is 3.58. The molecule has 3 N–H and O–H groups in total. The Morgan fingerprint density at radius 1 is 1.15 bits per heavy atom. The first-order chi connectivity index (χ1) is 9.72. The summed E-state index contributed by atoms with van der Waals surface area (Å²) in [7, 11) is 0. The standard InChI is InChI=1S/C16H23N3S/c17-16(20)18-14-6-3-12-4-7-15(8-5-13(12)11-14)19-9-1-2-10-19/h3,6,11,15H,1-2,4-5,7-10H2,(H3,17,18,20). The number of likely N-dealkylation sites (tertiary alicyclic amines) is 1. The molecule has 0 saturated carbocycles. The van der Waals surface area contributed by atoms with Crippen LogP contribution in [0.4, 0.5) is 5.69 Å². The van der Waals surface area contributed by atoms with Gasteiger partial charge in [0.15, 0.2) is 5.11 Å². The highest BCUT2D eigenvalue weighted by Crippen LogP contribution is 2.27. The van der Waals surface area contributed by atoms with E-state index in [0.717, 1.165) is 11.7 Å². The Balaban J connectivity index is 1.71. The number of benzene rings is 1. The lowest BCUT2D eigenvalue weighted by molar-refractivity contribution is 0.222. The van der Waals surface area contributed by atoms with Crippen LogP contribution >= 0.6 is 12.2 Å². The van der Waals surface area contributed by atoms with Gasteiger partial charge in [0.1, 0.15) is 0 Å². The first-order valence-corrected chi connectivity index (χ1v) is 8.05. The first-order valence-electron chi connectivity index (χ1n) is 7.65. The largest absolute Gasteiger partial charge is 0.376 e. The molecule has 0 aromatic heterocycles. The lowest BCUT2D eigenvalue weighted by Gasteiger charge is -2.25. The summed E-state index contributed by atoms with van der Waals surface area (Å²) >= 11 is 4.91. The molecule has 1 aromatic carbocycles. The Morgan fingerprint density at radius 2 is 1.85 bits per heavy atom. The molecular weight excluding hydrogens is 266 g/mol. The van der Waals surface area contributed by atoms with Gasteiger partial charge in [0, 0.05) is 11.7 Å². The number of rotatable bonds is 2. The van der Waals surface area contributed by atoms with Crippen molar-refractivity contribution in [3.63, 3.8) is 0 Å². The molecule has 0 radical (unpaired) electrons. The van der Waals surface area contributed by atoms with Crippen molar-refractivity contribution in [2.75, 3.05) is 18.4 Å². The van der Waals surface area contributed by atoms with Crippen LogP contribution < -0.4 is 11.1 Å². The fourth-order valence-corrected chi connectivity index (χ4v) is 3.70. The number of anilines is 1. The summed E-state index contributed by atoms with van der Waals surface area (Å²) in [5.41, 5.74) is 9.54. The third-order valence-corrected chi connectivity index (χ3v) is 4.73. The van der Waals surface area contributed by atoms with Gasteiger partial charge in [-0.15, -0.1) is 0 Å². The van der Waals surface area contributed by atoms with Gasteiger partial charge in [-0.1, -0.05) is 6.07 Å². The second-order valence-electron chi connectivity index (χ2n) is 5.95. The Labute approximate surface area is 126 Å². The van der Waals surface area contributed by atoms with Crippen molar-refractivity contribution in [3.05, 3.63) is 29.3 Å². The molecule has 0 spiro atoms. The van der Waals surface area contributed by atoms with E-state index in [4.69, 9.17) is 18.0 Å². The summed E-state index contributed by atoms with van der Waals surface area (Å²) in [5.74, 6) is 0. The van der Waals surface area contributed by atoms with Gasteiger partial charge >= 0.3 is 0 Å². The molecule has 1 unspecified atom stereocenters. The lowest BCUT2D eigenvalue weighted by atomic mass is 10.0. The van der Waals surface area contributed by atoms with E-state index >= 15 is 0 Å². The summed E-state index contributed by atoms with van der Waals surface area (Å²) < 4.78 is 0. The van der Waals surface area contributed by atoms with Crippen molar-refractivity contribution < 1.29 is 0 Å². The van der Waals surface area contributed by atoms with Crippen LogP contribution in [0.1, 0.15) is 36.8 Å². The Morgan fingerprint density at radius 3 is 2.55 bits per heavy atom. The van der Waals surface area contributed by atoms with Crippen molar-refractivity contribution in [3.8, 4) is 0 Å². The van der Waals surface area contributed by atoms with Gasteiger partial charge in [-0.3, -0.25) is 0 Å². The zero-order valence-electron chi connectivity index (χ0n) is 11.9. The zero-order valence-corrected chi connectivity index (χ0v) is 12.7. The monoisotopic (exact) mass is 289 g/mol. The van der Waals surface area contributed by atoms with E-state index in [0.29, 0.717) is 5.11 Å². The van der Waals surface area contributed by atoms with Crippen LogP contribution in [0.15, 0.2) is 18.2 Å². The van der Waals surface area contributed by atoms with Crippen LogP contribution in [0.3, 0.4) is 0 Å². The quantitative estimate of drug-likeness (QED) is 0.649. The van der Waals surface area contributed by atoms with Crippen LogP contribution in [0, 0.1) is 0 Å². The molecule has 4 heteroatoms. The van der Waals surface area contributed by atoms with E-state index in [1.807, 2.05) is 0 Å². The highest BCUT2D eigenvalue weighted by Gasteiger charge is 2.24. The second kappa shape index (κ2) is 6.10. The number of hydrogen-bond donors (Lipinski definition) is 2. The molecule has 0 amide bonds. The van der Waals surface area contributed by atoms with Gasteiger partial charge in [0.05, 0.1) is 0 Å². The van der Waals surface area contributed by atoms with Crippen molar-refractivity contribution in [2.24, 2.45) is 5.73 Å². The number of nitrogens with one attached hydrogen (secondary N) is 1. The van der Waals surface area contributed by atoms with E-state index in [-0.39, 0.29) is 0 Å². The van der Waals surface area contributed by atoms with Gasteiger partial charge in [0.25, 0.3) is 0 Å². The maximum Gasteiger partial charge on any atom is 0.168 e. The van der Waals surface area contributed by atoms with Gasteiger partial charge in [-0.2, -0.15) is 0 Å². The molecule has 1 aromatic rings. The Bertz CT molecular complexity index is 494. The van der Waals surface area contributed by atoms with E-state index in [2.05, 4.69) is 28.4 Å². The number of nitrogens with zero attached hydrogens (tertiary/aromatic N) is 1. The topological polar surface area (TPSA) is 41.3 Å². The second-order valence-corrected chi connectivity index (χ2v) is 6.39. The molecule has 0 bridgehead atoms. The highest BCUT2D eigenvalue weighted by atomic mass is 32.1. The molecule has 108 valence electrons. The fraction of sp³-hybridized carbons (Fsp3) is 0.562. The SMILES string of the molecule is NC(=S)Nc1ccc2c(c1)CCC(N1CCCC1)CC2. The number of fused-ring (bicyclic) bond motifs is 1. The molecule has 1 saturated heterocycles. The number of aryl methyl sites for hydroxylation is 2. The predicted octanol–water partition coefficient (Wildman–Crippen LogP) is 2.69. The Kier molecular flexibility index (Phi) is 4.22. The van der Waals surface area contributed by atoms with Crippen molar-refractivity contribution in [1.29, 1.82) is 0 Å². The molecule has 1 fully saturated rings. The van der Waals surface area contributed by atoms with Crippen LogP contribution in [-0.4, -0.2) is 29.1 Å². The van der Waals surface area contributed by atoms with Crippen LogP contribution in [0.25, 0.3) is 0 Å². The average Bonchev–Trinajstić information content (AvgIpc) is 2.86. The normalized spacial score (nSPS) is 23.1. The van der Waals surface area contributed by atoms with Gasteiger partial charge in [-0.25, -0.2) is 0 Å². The Hall–Kier alpha value is -1.13. The predicted molar refractivity (Wildman–Crippen MR) is 88.1 cm³/mol. The lowest BCUT2D eigenvalue weighted by Crippen LogP contribution is -2.32. The van der Waals surface area contributed by atoms with Gasteiger partial charge < -0.3 is 16.0 Å². The highest BCUT2D eigenvalue weighted by molar-refractivity contribution is 7.80. The summed E-state index contributed by atoms with van der Waals surface area (Å²) in [6, 6.07) is 7.33. The molecule has 3 rings (SSSR count).